The van der Waals surface area contributed by atoms with E-state index in [9.17, 15) is 8.42 Å². The second kappa shape index (κ2) is 6.96. The highest BCUT2D eigenvalue weighted by atomic mass is 32.2. The largest absolute Gasteiger partial charge is 0.381 e. The minimum atomic E-state index is -3.16. The van der Waals surface area contributed by atoms with E-state index in [2.05, 4.69) is 15.6 Å². The Bertz CT molecular complexity index is 466. The van der Waals surface area contributed by atoms with Gasteiger partial charge in [-0.1, -0.05) is 0 Å². The van der Waals surface area contributed by atoms with Crippen LogP contribution >= 0.6 is 0 Å². The van der Waals surface area contributed by atoms with E-state index in [1.807, 2.05) is 6.92 Å². The summed E-state index contributed by atoms with van der Waals surface area (Å²) in [5.41, 5.74) is 0. The maximum atomic E-state index is 12.2. The normalized spacial score (nSPS) is 22.9. The van der Waals surface area contributed by atoms with E-state index in [0.29, 0.717) is 32.6 Å². The third-order valence-corrected chi connectivity index (χ3v) is 6.43. The molecule has 0 unspecified atom stereocenters. The summed E-state index contributed by atoms with van der Waals surface area (Å²) in [5.74, 6) is 1.47. The van der Waals surface area contributed by atoms with E-state index in [4.69, 9.17) is 4.74 Å². The van der Waals surface area contributed by atoms with Crippen molar-refractivity contribution in [1.29, 1.82) is 0 Å². The summed E-state index contributed by atoms with van der Waals surface area (Å²) in [7, 11) is -3.16. The lowest BCUT2D eigenvalue weighted by atomic mass is 9.99. The van der Waals surface area contributed by atoms with Gasteiger partial charge in [-0.3, -0.25) is 4.99 Å². The zero-order valence-electron chi connectivity index (χ0n) is 13.0. The molecule has 2 aliphatic rings. The Labute approximate surface area is 127 Å². The molecule has 21 heavy (non-hydrogen) atoms. The van der Waals surface area contributed by atoms with Crippen molar-refractivity contribution in [3.05, 3.63) is 0 Å². The van der Waals surface area contributed by atoms with Crippen LogP contribution < -0.4 is 10.6 Å². The van der Waals surface area contributed by atoms with Gasteiger partial charge in [0.25, 0.3) is 0 Å². The average molecular weight is 317 g/mol. The van der Waals surface area contributed by atoms with Gasteiger partial charge >= 0.3 is 0 Å². The lowest BCUT2D eigenvalue weighted by Crippen LogP contribution is -2.47. The number of rotatable bonds is 6. The van der Waals surface area contributed by atoms with E-state index in [1.165, 1.54) is 19.1 Å². The van der Waals surface area contributed by atoms with Gasteiger partial charge in [0.05, 0.1) is 11.3 Å². The number of hydrogen-bond donors (Lipinski definition) is 2. The van der Waals surface area contributed by atoms with Crippen molar-refractivity contribution in [2.24, 2.45) is 10.9 Å². The zero-order chi connectivity index (χ0) is 15.3. The summed E-state index contributed by atoms with van der Waals surface area (Å²) in [6, 6.07) is 0. The molecule has 2 N–H and O–H groups in total. The van der Waals surface area contributed by atoms with Gasteiger partial charge in [-0.2, -0.15) is 0 Å². The Morgan fingerprint density at radius 3 is 2.48 bits per heavy atom. The molecule has 122 valence electrons. The minimum absolute atomic E-state index is 0.301. The highest BCUT2D eigenvalue weighted by Crippen LogP contribution is 2.30. The number of nitrogens with one attached hydrogen (secondary N) is 2. The van der Waals surface area contributed by atoms with Crippen molar-refractivity contribution in [2.75, 3.05) is 39.1 Å². The van der Waals surface area contributed by atoms with Crippen molar-refractivity contribution in [2.45, 2.75) is 37.4 Å². The Morgan fingerprint density at radius 2 is 1.95 bits per heavy atom. The average Bonchev–Trinajstić information content (AvgIpc) is 3.26. The molecule has 0 spiro atoms. The first kappa shape index (κ1) is 16.5. The molecule has 0 aromatic carbocycles. The van der Waals surface area contributed by atoms with Gasteiger partial charge < -0.3 is 15.4 Å². The zero-order valence-corrected chi connectivity index (χ0v) is 13.8. The van der Waals surface area contributed by atoms with Gasteiger partial charge in [-0.15, -0.1) is 0 Å². The van der Waals surface area contributed by atoms with E-state index in [0.717, 1.165) is 25.0 Å². The highest BCUT2D eigenvalue weighted by Gasteiger charge is 2.42. The molecule has 2 rings (SSSR count). The predicted molar refractivity (Wildman–Crippen MR) is 84.3 cm³/mol. The molecular formula is C14H27N3O3S. The van der Waals surface area contributed by atoms with Crippen LogP contribution in [0.2, 0.25) is 0 Å². The monoisotopic (exact) mass is 317 g/mol. The van der Waals surface area contributed by atoms with Gasteiger partial charge in [0, 0.05) is 32.6 Å². The summed E-state index contributed by atoms with van der Waals surface area (Å²) in [6.45, 7) is 4.99. The molecule has 0 radical (unpaired) electrons. The summed E-state index contributed by atoms with van der Waals surface area (Å²) >= 11 is 0. The summed E-state index contributed by atoms with van der Waals surface area (Å²) < 4.78 is 28.9. The molecule has 0 aromatic rings. The van der Waals surface area contributed by atoms with E-state index < -0.39 is 14.6 Å². The molecule has 0 atom stereocenters. The molecule has 2 fully saturated rings. The number of sulfone groups is 1. The fourth-order valence-electron chi connectivity index (χ4n) is 2.52. The lowest BCUT2D eigenvalue weighted by molar-refractivity contribution is 0.0768. The molecular weight excluding hydrogens is 290 g/mol. The van der Waals surface area contributed by atoms with Crippen molar-refractivity contribution in [3.63, 3.8) is 0 Å². The first-order chi connectivity index (χ1) is 9.97. The number of hydrogen-bond acceptors (Lipinski definition) is 4. The van der Waals surface area contributed by atoms with E-state index in [-0.39, 0.29) is 0 Å². The number of ether oxygens (including phenoxy) is 1. The van der Waals surface area contributed by atoms with Crippen LogP contribution in [0.25, 0.3) is 0 Å². The Hall–Kier alpha value is -0.820. The van der Waals surface area contributed by atoms with Crippen LogP contribution in [-0.4, -0.2) is 58.2 Å². The van der Waals surface area contributed by atoms with Crippen LogP contribution in [0.15, 0.2) is 4.99 Å². The fourth-order valence-corrected chi connectivity index (χ4v) is 3.72. The number of aliphatic imine (C=N–C) groups is 1. The van der Waals surface area contributed by atoms with Crippen LogP contribution in [0.4, 0.5) is 0 Å². The smallest absolute Gasteiger partial charge is 0.191 e. The van der Waals surface area contributed by atoms with Crippen LogP contribution in [0.5, 0.6) is 0 Å². The molecule has 0 amide bonds. The molecule has 7 heteroatoms. The second-order valence-corrected chi connectivity index (χ2v) is 8.50. The summed E-state index contributed by atoms with van der Waals surface area (Å²) in [6.07, 6.45) is 4.92. The number of guanidine groups is 1. The minimum Gasteiger partial charge on any atom is -0.381 e. The first-order valence-corrected chi connectivity index (χ1v) is 9.65. The van der Waals surface area contributed by atoms with Crippen molar-refractivity contribution in [1.82, 2.24) is 10.6 Å². The third-order valence-electron chi connectivity index (χ3n) is 4.32. The maximum absolute atomic E-state index is 12.2. The van der Waals surface area contributed by atoms with Crippen molar-refractivity contribution >= 4 is 15.8 Å². The first-order valence-electron chi connectivity index (χ1n) is 7.76. The molecule has 1 aliphatic heterocycles. The van der Waals surface area contributed by atoms with Crippen LogP contribution in [0.1, 0.15) is 32.6 Å². The van der Waals surface area contributed by atoms with Gasteiger partial charge in [0.1, 0.15) is 0 Å². The molecule has 1 saturated carbocycles. The maximum Gasteiger partial charge on any atom is 0.191 e. The Balaban J connectivity index is 2.03. The SMILES string of the molecule is CCNC(=NCC1(S(C)(=O)=O)CCOCC1)NCC1CC1. The lowest BCUT2D eigenvalue weighted by Gasteiger charge is -2.34. The number of nitrogens with zero attached hydrogens (tertiary/aromatic N) is 1. The summed E-state index contributed by atoms with van der Waals surface area (Å²) in [5, 5.41) is 6.49. The van der Waals surface area contributed by atoms with Gasteiger partial charge in [-0.25, -0.2) is 8.42 Å². The highest BCUT2D eigenvalue weighted by molar-refractivity contribution is 7.92. The molecule has 0 bridgehead atoms. The third kappa shape index (κ3) is 4.57. The predicted octanol–water partition coefficient (Wildman–Crippen LogP) is 0.545. The Morgan fingerprint density at radius 1 is 1.29 bits per heavy atom. The summed E-state index contributed by atoms with van der Waals surface area (Å²) in [4.78, 5) is 4.54. The standard InChI is InChI=1S/C14H27N3O3S/c1-3-15-13(16-10-12-4-5-12)17-11-14(21(2,18)19)6-8-20-9-7-14/h12H,3-11H2,1-2H3,(H2,15,16,17). The molecule has 0 aromatic heterocycles. The van der Waals surface area contributed by atoms with Crippen molar-refractivity contribution in [3.8, 4) is 0 Å². The molecule has 1 aliphatic carbocycles. The Kier molecular flexibility index (Phi) is 5.48. The van der Waals surface area contributed by atoms with Crippen LogP contribution in [0, 0.1) is 5.92 Å². The van der Waals surface area contributed by atoms with E-state index >= 15 is 0 Å². The topological polar surface area (TPSA) is 79.8 Å². The molecule has 1 heterocycles. The fraction of sp³-hybridized carbons (Fsp3) is 0.929. The van der Waals surface area contributed by atoms with Crippen LogP contribution in [0.3, 0.4) is 0 Å². The van der Waals surface area contributed by atoms with Crippen molar-refractivity contribution < 1.29 is 13.2 Å². The van der Waals surface area contributed by atoms with E-state index in [1.54, 1.807) is 0 Å². The van der Waals surface area contributed by atoms with Gasteiger partial charge in [-0.05, 0) is 38.5 Å². The van der Waals surface area contributed by atoms with Gasteiger partial charge in [0.2, 0.25) is 0 Å². The second-order valence-electron chi connectivity index (χ2n) is 6.09. The molecule has 1 saturated heterocycles. The van der Waals surface area contributed by atoms with Crippen LogP contribution in [-0.2, 0) is 14.6 Å². The van der Waals surface area contributed by atoms with Gasteiger partial charge in [0.15, 0.2) is 15.8 Å². The molecule has 6 nitrogen and oxygen atoms in total. The quantitative estimate of drug-likeness (QED) is 0.552.